The number of guanidine groups is 1. The Morgan fingerprint density at radius 3 is 2.38 bits per heavy atom. The number of hydrogen-bond acceptors (Lipinski definition) is 1. The van der Waals surface area contributed by atoms with Crippen LogP contribution in [0.4, 0.5) is 0 Å². The van der Waals surface area contributed by atoms with Crippen LogP contribution in [0.25, 0.3) is 0 Å². The zero-order valence-electron chi connectivity index (χ0n) is 4.93. The van der Waals surface area contributed by atoms with Gasteiger partial charge in [-0.1, -0.05) is 0 Å². The summed E-state index contributed by atoms with van der Waals surface area (Å²) in [6.45, 7) is 1.97. The van der Waals surface area contributed by atoms with Gasteiger partial charge in [-0.25, -0.2) is 0 Å². The van der Waals surface area contributed by atoms with Crippen LogP contribution in [0.1, 0.15) is 6.92 Å². The van der Waals surface area contributed by atoms with Crippen LogP contribution >= 0.6 is 0 Å². The van der Waals surface area contributed by atoms with Gasteiger partial charge in [-0.05, 0) is 0 Å². The maximum atomic E-state index is 5.31. The first-order valence-electron chi connectivity index (χ1n) is 2.16. The van der Waals surface area contributed by atoms with Crippen molar-refractivity contribution >= 4 is 9.98 Å². The summed E-state index contributed by atoms with van der Waals surface area (Å²) in [6, 6.07) is 0. The molecule has 0 saturated heterocycles. The summed E-state index contributed by atoms with van der Waals surface area (Å²) in [6.07, 6.45) is 0. The molecule has 0 atom stereocenters. The van der Waals surface area contributed by atoms with Crippen LogP contribution in [0.5, 0.6) is 0 Å². The van der Waals surface area contributed by atoms with Gasteiger partial charge in [0, 0.05) is 0 Å². The summed E-state index contributed by atoms with van der Waals surface area (Å²) >= 11 is 1.38. The van der Waals surface area contributed by atoms with Gasteiger partial charge in [-0.2, -0.15) is 0 Å². The molecule has 0 saturated carbocycles. The second kappa shape index (κ2) is 3.78. The van der Waals surface area contributed by atoms with Crippen molar-refractivity contribution in [3.63, 3.8) is 0 Å². The predicted molar refractivity (Wildman–Crippen MR) is 31.4 cm³/mol. The minimum atomic E-state index is 0.484. The summed E-state index contributed by atoms with van der Waals surface area (Å²) < 4.78 is 1.13. The molecule has 0 aromatic heterocycles. The molecule has 3 N–H and O–H groups in total. The van der Waals surface area contributed by atoms with E-state index in [1.807, 2.05) is 6.92 Å². The van der Waals surface area contributed by atoms with Crippen molar-refractivity contribution in [1.29, 1.82) is 0 Å². The molecule has 3 nitrogen and oxygen atoms in total. The molecule has 0 aromatic rings. The van der Waals surface area contributed by atoms with Crippen LogP contribution in [0.3, 0.4) is 0 Å². The van der Waals surface area contributed by atoms with Gasteiger partial charge >= 0.3 is 59.3 Å². The van der Waals surface area contributed by atoms with E-state index in [4.69, 9.17) is 5.73 Å². The van der Waals surface area contributed by atoms with Gasteiger partial charge in [0.2, 0.25) is 0 Å². The molecule has 0 fully saturated rings. The number of nitrogens with zero attached hydrogens (tertiary/aromatic N) is 1. The van der Waals surface area contributed by atoms with Gasteiger partial charge in [0.25, 0.3) is 0 Å². The number of hydrogen-bond donors (Lipinski definition) is 2. The predicted octanol–water partition coefficient (Wildman–Crippen LogP) is -0.783. The van der Waals surface area contributed by atoms with Gasteiger partial charge in [-0.15, -0.1) is 0 Å². The molecule has 0 rings (SSSR count). The molecule has 0 aliphatic heterocycles. The summed E-state index contributed by atoms with van der Waals surface area (Å²) in [5, 5.41) is 2.87. The van der Waals surface area contributed by atoms with E-state index in [1.165, 1.54) is 19.4 Å². The topological polar surface area (TPSA) is 50.4 Å². The van der Waals surface area contributed by atoms with Crippen molar-refractivity contribution in [3.05, 3.63) is 0 Å². The van der Waals surface area contributed by atoms with E-state index in [9.17, 15) is 0 Å². The van der Waals surface area contributed by atoms with Gasteiger partial charge in [0.05, 0.1) is 0 Å². The SMILES string of the molecule is CN=C(N)N[C](C)=[W]. The fourth-order valence-electron chi connectivity index (χ4n) is 0.236. The van der Waals surface area contributed by atoms with Crippen molar-refractivity contribution in [2.45, 2.75) is 6.92 Å². The van der Waals surface area contributed by atoms with Crippen LogP contribution in [0, 0.1) is 0 Å². The molecule has 4 heteroatoms. The van der Waals surface area contributed by atoms with E-state index in [-0.39, 0.29) is 0 Å². The summed E-state index contributed by atoms with van der Waals surface area (Å²) in [4.78, 5) is 3.70. The van der Waals surface area contributed by atoms with E-state index in [1.54, 1.807) is 7.05 Å². The summed E-state index contributed by atoms with van der Waals surface area (Å²) in [5.74, 6) is 0.484. The van der Waals surface area contributed by atoms with Gasteiger partial charge in [0.15, 0.2) is 0 Å². The third-order valence-electron chi connectivity index (χ3n) is 0.545. The Morgan fingerprint density at radius 2 is 2.25 bits per heavy atom. The Kier molecular flexibility index (Phi) is 3.70. The zero-order chi connectivity index (χ0) is 6.57. The van der Waals surface area contributed by atoms with E-state index in [0.29, 0.717) is 5.96 Å². The van der Waals surface area contributed by atoms with Gasteiger partial charge < -0.3 is 0 Å². The number of nitrogens with two attached hydrogens (primary N) is 1. The fraction of sp³-hybridized carbons (Fsp3) is 0.500. The van der Waals surface area contributed by atoms with Crippen LogP contribution in [0.2, 0.25) is 0 Å². The van der Waals surface area contributed by atoms with E-state index >= 15 is 0 Å². The first-order chi connectivity index (χ1) is 3.66. The molecule has 0 spiro atoms. The van der Waals surface area contributed by atoms with E-state index in [2.05, 4.69) is 10.3 Å². The Bertz CT molecular complexity index is 118. The molecule has 0 amide bonds. The first-order valence-corrected chi connectivity index (χ1v) is 3.63. The molecule has 0 bridgehead atoms. The molecule has 0 aliphatic carbocycles. The van der Waals surface area contributed by atoms with E-state index < -0.39 is 0 Å². The third kappa shape index (κ3) is 4.00. The van der Waals surface area contributed by atoms with Crippen LogP contribution < -0.4 is 11.1 Å². The second-order valence-corrected chi connectivity index (χ2v) is 3.49. The number of aliphatic imine (C=N–C) groups is 1. The minimum absolute atomic E-state index is 0.484. The maximum absolute atomic E-state index is 5.31. The number of nitrogens with one attached hydrogen (secondary N) is 1. The quantitative estimate of drug-likeness (QED) is 0.490. The Hall–Kier alpha value is -0.172. The normalized spacial score (nSPS) is 11.0. The molecule has 0 aromatic carbocycles. The Labute approximate surface area is 59.8 Å². The molecular formula is C4H9N3W. The molecule has 46 valence electrons. The molecular weight excluding hydrogens is 274 g/mol. The van der Waals surface area contributed by atoms with Gasteiger partial charge in [0.1, 0.15) is 0 Å². The summed E-state index contributed by atoms with van der Waals surface area (Å²) in [5.41, 5.74) is 5.31. The number of rotatable bonds is 1. The van der Waals surface area contributed by atoms with Crippen LogP contribution in [-0.4, -0.2) is 17.0 Å². The van der Waals surface area contributed by atoms with Crippen molar-refractivity contribution in [2.75, 3.05) is 7.05 Å². The van der Waals surface area contributed by atoms with Crippen molar-refractivity contribution in [1.82, 2.24) is 5.32 Å². The van der Waals surface area contributed by atoms with Crippen molar-refractivity contribution in [3.8, 4) is 0 Å². The van der Waals surface area contributed by atoms with Gasteiger partial charge in [-0.3, -0.25) is 0 Å². The monoisotopic (exact) mass is 283 g/mol. The molecule has 8 heavy (non-hydrogen) atoms. The van der Waals surface area contributed by atoms with Crippen LogP contribution in [0.15, 0.2) is 4.99 Å². The van der Waals surface area contributed by atoms with E-state index in [0.717, 1.165) is 4.02 Å². The van der Waals surface area contributed by atoms with Crippen LogP contribution in [-0.2, 0) is 19.4 Å². The first kappa shape index (κ1) is 7.83. The zero-order valence-corrected chi connectivity index (χ0v) is 7.87. The molecule has 0 radical (unpaired) electrons. The average molecular weight is 283 g/mol. The average Bonchev–Trinajstić information content (AvgIpc) is 1.65. The summed E-state index contributed by atoms with van der Waals surface area (Å²) in [7, 11) is 1.65. The molecule has 0 heterocycles. The third-order valence-corrected chi connectivity index (χ3v) is 0.912. The molecule has 0 unspecified atom stereocenters. The van der Waals surface area contributed by atoms with Crippen molar-refractivity contribution < 1.29 is 19.4 Å². The Morgan fingerprint density at radius 1 is 1.75 bits per heavy atom. The Balaban J connectivity index is 3.56. The fourth-order valence-corrected chi connectivity index (χ4v) is 0.612. The molecule has 0 aliphatic rings. The second-order valence-electron chi connectivity index (χ2n) is 1.29. The standard InChI is InChI=1S/C4H9N3.W/c1-3-7-4(5)6-2;/h1-2H3,(H3,5,6,7);. The van der Waals surface area contributed by atoms with Crippen molar-refractivity contribution in [2.24, 2.45) is 10.7 Å².